The van der Waals surface area contributed by atoms with E-state index in [0.29, 0.717) is 5.69 Å². The SMILES string of the molecule is O=C(c1ccc(-c2cn[nH]c2)cn1)N1CCCC1. The summed E-state index contributed by atoms with van der Waals surface area (Å²) in [5, 5.41) is 6.65. The van der Waals surface area contributed by atoms with Crippen LogP contribution < -0.4 is 0 Å². The average Bonchev–Trinajstić information content (AvgIpc) is 3.11. The monoisotopic (exact) mass is 242 g/mol. The van der Waals surface area contributed by atoms with Crippen molar-refractivity contribution in [3.8, 4) is 11.1 Å². The van der Waals surface area contributed by atoms with Crippen molar-refractivity contribution >= 4 is 5.91 Å². The highest BCUT2D eigenvalue weighted by Crippen LogP contribution is 2.17. The van der Waals surface area contributed by atoms with Crippen molar-refractivity contribution in [1.29, 1.82) is 0 Å². The molecule has 5 heteroatoms. The van der Waals surface area contributed by atoms with Crippen LogP contribution in [0.3, 0.4) is 0 Å². The van der Waals surface area contributed by atoms with Gasteiger partial charge in [-0.2, -0.15) is 5.10 Å². The summed E-state index contributed by atoms with van der Waals surface area (Å²) >= 11 is 0. The Balaban J connectivity index is 1.80. The molecule has 0 radical (unpaired) electrons. The quantitative estimate of drug-likeness (QED) is 0.872. The van der Waals surface area contributed by atoms with E-state index < -0.39 is 0 Å². The van der Waals surface area contributed by atoms with Crippen LogP contribution in [0.15, 0.2) is 30.7 Å². The summed E-state index contributed by atoms with van der Waals surface area (Å²) in [6.45, 7) is 1.70. The van der Waals surface area contributed by atoms with E-state index in [0.717, 1.165) is 37.1 Å². The first-order chi connectivity index (χ1) is 8.84. The van der Waals surface area contributed by atoms with Crippen molar-refractivity contribution < 1.29 is 4.79 Å². The Hall–Kier alpha value is -2.17. The lowest BCUT2D eigenvalue weighted by atomic mass is 10.1. The van der Waals surface area contributed by atoms with E-state index >= 15 is 0 Å². The van der Waals surface area contributed by atoms with Gasteiger partial charge in [-0.1, -0.05) is 6.07 Å². The number of nitrogens with one attached hydrogen (secondary N) is 1. The average molecular weight is 242 g/mol. The predicted octanol–water partition coefficient (Wildman–Crippen LogP) is 1.71. The third-order valence-corrected chi connectivity index (χ3v) is 3.21. The van der Waals surface area contributed by atoms with Crippen molar-refractivity contribution in [1.82, 2.24) is 20.1 Å². The first-order valence-electron chi connectivity index (χ1n) is 6.09. The highest BCUT2D eigenvalue weighted by atomic mass is 16.2. The van der Waals surface area contributed by atoms with Crippen LogP contribution >= 0.6 is 0 Å². The zero-order chi connectivity index (χ0) is 12.4. The fraction of sp³-hybridized carbons (Fsp3) is 0.308. The number of hydrogen-bond acceptors (Lipinski definition) is 3. The van der Waals surface area contributed by atoms with Gasteiger partial charge in [-0.05, 0) is 18.9 Å². The second-order valence-corrected chi connectivity index (χ2v) is 4.42. The number of H-pyrrole nitrogens is 1. The lowest BCUT2D eigenvalue weighted by molar-refractivity contribution is 0.0787. The van der Waals surface area contributed by atoms with Crippen LogP contribution in [0.2, 0.25) is 0 Å². The minimum atomic E-state index is 0.0336. The number of aromatic nitrogens is 3. The van der Waals surface area contributed by atoms with Crippen LogP contribution in [0.25, 0.3) is 11.1 Å². The van der Waals surface area contributed by atoms with Crippen LogP contribution in [0.5, 0.6) is 0 Å². The minimum Gasteiger partial charge on any atom is -0.337 e. The third-order valence-electron chi connectivity index (χ3n) is 3.21. The van der Waals surface area contributed by atoms with E-state index in [9.17, 15) is 4.79 Å². The maximum atomic E-state index is 12.1. The summed E-state index contributed by atoms with van der Waals surface area (Å²) in [5.74, 6) is 0.0336. The van der Waals surface area contributed by atoms with Gasteiger partial charge < -0.3 is 4.90 Å². The van der Waals surface area contributed by atoms with E-state index in [1.165, 1.54) is 0 Å². The van der Waals surface area contributed by atoms with Gasteiger partial charge >= 0.3 is 0 Å². The molecule has 92 valence electrons. The molecule has 1 aliphatic heterocycles. The number of aromatic amines is 1. The van der Waals surface area contributed by atoms with E-state index in [1.807, 2.05) is 11.0 Å². The number of carbonyl (C=O) groups excluding carboxylic acids is 1. The molecule has 1 N–H and O–H groups in total. The minimum absolute atomic E-state index is 0.0336. The van der Waals surface area contributed by atoms with Gasteiger partial charge in [0.15, 0.2) is 0 Å². The van der Waals surface area contributed by atoms with E-state index in [1.54, 1.807) is 24.7 Å². The Morgan fingerprint density at radius 3 is 2.61 bits per heavy atom. The Kier molecular flexibility index (Phi) is 2.80. The molecule has 3 rings (SSSR count). The fourth-order valence-electron chi connectivity index (χ4n) is 2.18. The van der Waals surface area contributed by atoms with Gasteiger partial charge in [0.05, 0.1) is 6.20 Å². The van der Waals surface area contributed by atoms with E-state index in [2.05, 4.69) is 15.2 Å². The summed E-state index contributed by atoms with van der Waals surface area (Å²) in [6, 6.07) is 3.68. The normalized spacial score (nSPS) is 15.0. The van der Waals surface area contributed by atoms with Gasteiger partial charge in [0.1, 0.15) is 5.69 Å². The molecule has 0 unspecified atom stereocenters. The van der Waals surface area contributed by atoms with Crippen molar-refractivity contribution in [2.24, 2.45) is 0 Å². The summed E-state index contributed by atoms with van der Waals surface area (Å²) in [4.78, 5) is 18.2. The molecule has 2 aromatic rings. The molecular weight excluding hydrogens is 228 g/mol. The maximum absolute atomic E-state index is 12.1. The Morgan fingerprint density at radius 1 is 1.17 bits per heavy atom. The number of likely N-dealkylation sites (tertiary alicyclic amines) is 1. The molecule has 0 spiro atoms. The van der Waals surface area contributed by atoms with Crippen LogP contribution in [-0.2, 0) is 0 Å². The fourth-order valence-corrected chi connectivity index (χ4v) is 2.18. The molecule has 0 aliphatic carbocycles. The summed E-state index contributed by atoms with van der Waals surface area (Å²) < 4.78 is 0. The van der Waals surface area contributed by atoms with Crippen molar-refractivity contribution in [2.75, 3.05) is 13.1 Å². The summed E-state index contributed by atoms with van der Waals surface area (Å²) in [7, 11) is 0. The second kappa shape index (κ2) is 4.60. The van der Waals surface area contributed by atoms with Gasteiger partial charge in [0.2, 0.25) is 0 Å². The van der Waals surface area contributed by atoms with Crippen LogP contribution in [0.1, 0.15) is 23.3 Å². The van der Waals surface area contributed by atoms with Gasteiger partial charge in [-0.25, -0.2) is 0 Å². The lowest BCUT2D eigenvalue weighted by Gasteiger charge is -2.14. The highest BCUT2D eigenvalue weighted by molar-refractivity contribution is 5.92. The molecule has 0 aromatic carbocycles. The zero-order valence-corrected chi connectivity index (χ0v) is 9.97. The number of rotatable bonds is 2. The molecule has 0 bridgehead atoms. The molecular formula is C13H14N4O. The van der Waals surface area contributed by atoms with Crippen LogP contribution in [-0.4, -0.2) is 39.1 Å². The number of nitrogens with zero attached hydrogens (tertiary/aromatic N) is 3. The van der Waals surface area contributed by atoms with Crippen molar-refractivity contribution in [3.63, 3.8) is 0 Å². The first kappa shape index (κ1) is 11.0. The van der Waals surface area contributed by atoms with Gasteiger partial charge in [-0.3, -0.25) is 14.9 Å². The highest BCUT2D eigenvalue weighted by Gasteiger charge is 2.20. The maximum Gasteiger partial charge on any atom is 0.272 e. The Morgan fingerprint density at radius 2 is 2.00 bits per heavy atom. The molecule has 1 saturated heterocycles. The third kappa shape index (κ3) is 1.99. The number of amides is 1. The van der Waals surface area contributed by atoms with E-state index in [-0.39, 0.29) is 5.91 Å². The molecule has 3 heterocycles. The smallest absolute Gasteiger partial charge is 0.272 e. The van der Waals surface area contributed by atoms with E-state index in [4.69, 9.17) is 0 Å². The molecule has 1 amide bonds. The summed E-state index contributed by atoms with van der Waals surface area (Å²) in [6.07, 6.45) is 7.45. The number of hydrogen-bond donors (Lipinski definition) is 1. The molecule has 1 aliphatic rings. The lowest BCUT2D eigenvalue weighted by Crippen LogP contribution is -2.28. The topological polar surface area (TPSA) is 61.9 Å². The van der Waals surface area contributed by atoms with Crippen molar-refractivity contribution in [2.45, 2.75) is 12.8 Å². The molecule has 2 aromatic heterocycles. The second-order valence-electron chi connectivity index (χ2n) is 4.42. The molecule has 0 saturated carbocycles. The predicted molar refractivity (Wildman–Crippen MR) is 67.0 cm³/mol. The number of carbonyl (C=O) groups is 1. The summed E-state index contributed by atoms with van der Waals surface area (Å²) in [5.41, 5.74) is 2.45. The van der Waals surface area contributed by atoms with Crippen LogP contribution in [0.4, 0.5) is 0 Å². The van der Waals surface area contributed by atoms with Crippen molar-refractivity contribution in [3.05, 3.63) is 36.4 Å². The number of pyridine rings is 1. The Bertz CT molecular complexity index is 527. The van der Waals surface area contributed by atoms with Gasteiger partial charge in [-0.15, -0.1) is 0 Å². The standard InChI is InChI=1S/C13H14N4O/c18-13(17-5-1-2-6-17)12-4-3-10(7-14-12)11-8-15-16-9-11/h3-4,7-9H,1-2,5-6H2,(H,15,16). The van der Waals surface area contributed by atoms with Gasteiger partial charge in [0.25, 0.3) is 5.91 Å². The first-order valence-corrected chi connectivity index (χ1v) is 6.09. The van der Waals surface area contributed by atoms with Gasteiger partial charge in [0, 0.05) is 36.6 Å². The van der Waals surface area contributed by atoms with Crippen LogP contribution in [0, 0.1) is 0 Å². The molecule has 1 fully saturated rings. The molecule has 0 atom stereocenters. The largest absolute Gasteiger partial charge is 0.337 e. The zero-order valence-electron chi connectivity index (χ0n) is 9.97. The molecule has 18 heavy (non-hydrogen) atoms. The Labute approximate surface area is 105 Å². The molecule has 5 nitrogen and oxygen atoms in total.